The van der Waals surface area contributed by atoms with Gasteiger partial charge in [-0.1, -0.05) is 6.07 Å². The van der Waals surface area contributed by atoms with Crippen molar-refractivity contribution in [1.82, 2.24) is 20.2 Å². The van der Waals surface area contributed by atoms with E-state index in [9.17, 15) is 4.79 Å². The Hall–Kier alpha value is -3.19. The Morgan fingerprint density at radius 2 is 1.86 bits per heavy atom. The summed E-state index contributed by atoms with van der Waals surface area (Å²) < 4.78 is 5.72. The van der Waals surface area contributed by atoms with E-state index in [0.29, 0.717) is 0 Å². The first-order valence-corrected chi connectivity index (χ1v) is 13.5. The number of fused-ring (bicyclic) bond motifs is 2. The molecule has 1 aliphatic carbocycles. The molecule has 2 aliphatic heterocycles. The van der Waals surface area contributed by atoms with E-state index in [2.05, 4.69) is 25.1 Å². The van der Waals surface area contributed by atoms with E-state index in [1.165, 1.54) is 31.4 Å². The van der Waals surface area contributed by atoms with Crippen LogP contribution in [0, 0.1) is 5.92 Å². The summed E-state index contributed by atoms with van der Waals surface area (Å²) in [5, 5.41) is 4.28. The van der Waals surface area contributed by atoms with Crippen LogP contribution in [0.3, 0.4) is 0 Å². The van der Waals surface area contributed by atoms with E-state index in [1.807, 2.05) is 42.6 Å². The number of anilines is 1. The summed E-state index contributed by atoms with van der Waals surface area (Å²) in [5.41, 5.74) is 2.93. The number of hydrogen-bond donors (Lipinski definition) is 1. The van der Waals surface area contributed by atoms with Crippen molar-refractivity contribution >= 4 is 22.6 Å². The van der Waals surface area contributed by atoms with Gasteiger partial charge in [0.05, 0.1) is 12.1 Å². The van der Waals surface area contributed by atoms with Gasteiger partial charge in [0.1, 0.15) is 11.6 Å². The third kappa shape index (κ3) is 5.03. The first kappa shape index (κ1) is 23.2. The molecule has 0 bridgehead atoms. The third-order valence-electron chi connectivity index (χ3n) is 8.17. The lowest BCUT2D eigenvalue weighted by molar-refractivity contribution is 0.0920. The molecule has 3 aliphatic rings. The summed E-state index contributed by atoms with van der Waals surface area (Å²) in [6.45, 7) is 6.21. The van der Waals surface area contributed by atoms with E-state index in [0.717, 1.165) is 86.0 Å². The molecular weight excluding hydrogens is 450 g/mol. The number of nitrogens with zero attached hydrogens (tertiary/aromatic N) is 4. The van der Waals surface area contributed by atoms with Crippen molar-refractivity contribution in [1.29, 1.82) is 0 Å². The smallest absolute Gasteiger partial charge is 0.251 e. The molecule has 1 amide bonds. The molecule has 1 N–H and O–H groups in total. The van der Waals surface area contributed by atoms with Gasteiger partial charge in [0.25, 0.3) is 5.91 Å². The fourth-order valence-electron chi connectivity index (χ4n) is 6.00. The van der Waals surface area contributed by atoms with Crippen molar-refractivity contribution in [3.63, 3.8) is 0 Å². The molecule has 1 saturated carbocycles. The van der Waals surface area contributed by atoms with Crippen molar-refractivity contribution in [2.24, 2.45) is 5.92 Å². The first-order valence-electron chi connectivity index (χ1n) is 13.5. The Morgan fingerprint density at radius 3 is 2.72 bits per heavy atom. The summed E-state index contributed by atoms with van der Waals surface area (Å²) in [6, 6.07) is 11.9. The number of rotatable bonds is 6. The summed E-state index contributed by atoms with van der Waals surface area (Å²) in [7, 11) is 0. The van der Waals surface area contributed by atoms with E-state index >= 15 is 0 Å². The minimum absolute atomic E-state index is 0.0344. The highest BCUT2D eigenvalue weighted by Crippen LogP contribution is 2.32. The Kier molecular flexibility index (Phi) is 6.73. The fraction of sp³-hybridized carbons (Fsp3) is 0.483. The van der Waals surface area contributed by atoms with Crippen LogP contribution in [-0.2, 0) is 6.42 Å². The van der Waals surface area contributed by atoms with Gasteiger partial charge in [-0.15, -0.1) is 0 Å². The highest BCUT2D eigenvalue weighted by molar-refractivity contribution is 5.98. The second-order valence-corrected chi connectivity index (χ2v) is 10.4. The number of hydrogen-bond acceptors (Lipinski definition) is 6. The molecule has 0 atom stereocenters. The molecule has 2 aromatic heterocycles. The molecular formula is C29H35N5O2. The maximum absolute atomic E-state index is 12.8. The van der Waals surface area contributed by atoms with Gasteiger partial charge in [-0.3, -0.25) is 14.7 Å². The van der Waals surface area contributed by atoms with Crippen molar-refractivity contribution in [2.45, 2.75) is 44.6 Å². The molecule has 6 rings (SSSR count). The third-order valence-corrected chi connectivity index (χ3v) is 8.17. The van der Waals surface area contributed by atoms with Gasteiger partial charge in [-0.05, 0) is 74.9 Å². The van der Waals surface area contributed by atoms with Crippen LogP contribution in [0.1, 0.15) is 48.0 Å². The van der Waals surface area contributed by atoms with Crippen LogP contribution in [0.15, 0.2) is 48.8 Å². The lowest BCUT2D eigenvalue weighted by atomic mass is 9.84. The van der Waals surface area contributed by atoms with Gasteiger partial charge in [0.15, 0.2) is 0 Å². The predicted octanol–water partition coefficient (Wildman–Crippen LogP) is 4.07. The van der Waals surface area contributed by atoms with Gasteiger partial charge < -0.3 is 15.0 Å². The molecule has 188 valence electrons. The van der Waals surface area contributed by atoms with E-state index in [4.69, 9.17) is 4.74 Å². The zero-order chi connectivity index (χ0) is 24.3. The number of amides is 1. The maximum Gasteiger partial charge on any atom is 0.251 e. The standard InChI is InChI=1S/C29H35N5O2/c35-29(23-5-8-26-22(20-23)2-1-12-30-26)32-24-6-3-21(4-7-24)10-14-33-15-17-34(18-16-33)28-25-11-19-36-27(25)9-13-31-28/h1-2,5,8-9,12-13,20-21,24H,3-4,6-7,10-11,14-19H2,(H,32,35). The molecule has 0 radical (unpaired) electrons. The summed E-state index contributed by atoms with van der Waals surface area (Å²) >= 11 is 0. The van der Waals surface area contributed by atoms with Crippen LogP contribution < -0.4 is 15.0 Å². The summed E-state index contributed by atoms with van der Waals surface area (Å²) in [4.78, 5) is 26.9. The minimum Gasteiger partial charge on any atom is -0.493 e. The van der Waals surface area contributed by atoms with Gasteiger partial charge in [0.2, 0.25) is 0 Å². The number of piperazine rings is 1. The number of pyridine rings is 2. The average Bonchev–Trinajstić information content (AvgIpc) is 3.42. The number of benzene rings is 1. The van der Waals surface area contributed by atoms with Crippen molar-refractivity contribution < 1.29 is 9.53 Å². The largest absolute Gasteiger partial charge is 0.493 e. The molecule has 3 aromatic rings. The lowest BCUT2D eigenvalue weighted by Crippen LogP contribution is -2.47. The van der Waals surface area contributed by atoms with Crippen LogP contribution in [0.2, 0.25) is 0 Å². The van der Waals surface area contributed by atoms with Crippen molar-refractivity contribution in [3.05, 3.63) is 59.9 Å². The van der Waals surface area contributed by atoms with Crippen LogP contribution in [0.5, 0.6) is 5.75 Å². The van der Waals surface area contributed by atoms with Gasteiger partial charge in [0, 0.05) is 67.5 Å². The minimum atomic E-state index is 0.0344. The molecule has 0 unspecified atom stereocenters. The van der Waals surface area contributed by atoms with Gasteiger partial charge in [-0.2, -0.15) is 0 Å². The average molecular weight is 486 g/mol. The number of carbonyl (C=O) groups is 1. The number of aromatic nitrogens is 2. The van der Waals surface area contributed by atoms with E-state index in [1.54, 1.807) is 6.20 Å². The predicted molar refractivity (Wildman–Crippen MR) is 142 cm³/mol. The Balaban J connectivity index is 0.928. The fourth-order valence-corrected chi connectivity index (χ4v) is 6.00. The number of carbonyl (C=O) groups excluding carboxylic acids is 1. The molecule has 36 heavy (non-hydrogen) atoms. The zero-order valence-electron chi connectivity index (χ0n) is 20.9. The van der Waals surface area contributed by atoms with Crippen LogP contribution in [0.4, 0.5) is 5.82 Å². The second kappa shape index (κ2) is 10.4. The van der Waals surface area contributed by atoms with Crippen molar-refractivity contribution in [3.8, 4) is 5.75 Å². The lowest BCUT2D eigenvalue weighted by Gasteiger charge is -2.37. The highest BCUT2D eigenvalue weighted by atomic mass is 16.5. The Labute approximate surface area is 212 Å². The number of ether oxygens (including phenoxy) is 1. The monoisotopic (exact) mass is 485 g/mol. The van der Waals surface area contributed by atoms with Crippen LogP contribution in [-0.4, -0.2) is 66.1 Å². The molecule has 0 spiro atoms. The SMILES string of the molecule is O=C(NC1CCC(CCN2CCN(c3nccc4c3CCO4)CC2)CC1)c1ccc2ncccc2c1. The Bertz CT molecular complexity index is 1220. The maximum atomic E-state index is 12.8. The quantitative estimate of drug-likeness (QED) is 0.568. The number of nitrogens with one attached hydrogen (secondary N) is 1. The zero-order valence-corrected chi connectivity index (χ0v) is 20.9. The Morgan fingerprint density at radius 1 is 1.00 bits per heavy atom. The van der Waals surface area contributed by atoms with Crippen molar-refractivity contribution in [2.75, 3.05) is 44.2 Å². The molecule has 1 saturated heterocycles. The van der Waals surface area contributed by atoms with Crippen LogP contribution in [0.25, 0.3) is 10.9 Å². The molecule has 7 nitrogen and oxygen atoms in total. The molecule has 7 heteroatoms. The van der Waals surface area contributed by atoms with E-state index in [-0.39, 0.29) is 11.9 Å². The first-order chi connectivity index (χ1) is 17.7. The van der Waals surface area contributed by atoms with E-state index < -0.39 is 0 Å². The highest BCUT2D eigenvalue weighted by Gasteiger charge is 2.26. The second-order valence-electron chi connectivity index (χ2n) is 10.4. The van der Waals surface area contributed by atoms with Gasteiger partial charge in [-0.25, -0.2) is 4.98 Å². The molecule has 4 heterocycles. The van der Waals surface area contributed by atoms with Gasteiger partial charge >= 0.3 is 0 Å². The molecule has 2 fully saturated rings. The summed E-state index contributed by atoms with van der Waals surface area (Å²) in [5.74, 6) is 2.94. The topological polar surface area (TPSA) is 70.6 Å². The molecule has 1 aromatic carbocycles. The normalized spacial score (nSPS) is 22.3. The van der Waals surface area contributed by atoms with Crippen LogP contribution >= 0.6 is 0 Å². The summed E-state index contributed by atoms with van der Waals surface area (Å²) in [6.07, 6.45) is 10.4.